The van der Waals surface area contributed by atoms with Crippen LogP contribution in [0.3, 0.4) is 0 Å². The van der Waals surface area contributed by atoms with Gasteiger partial charge in [-0.25, -0.2) is 0 Å². The first-order valence-electron chi connectivity index (χ1n) is 5.90. The summed E-state index contributed by atoms with van der Waals surface area (Å²) in [5, 5.41) is 0. The van der Waals surface area contributed by atoms with Crippen LogP contribution in [0, 0.1) is 12.8 Å². The molecule has 0 radical (unpaired) electrons. The fourth-order valence-corrected chi connectivity index (χ4v) is 2.19. The molecular formula is C15H16O2. The maximum absolute atomic E-state index is 11.8. The standard InChI is InChI=1S/C15H16O2/c1-10-3-5-12(6-4-10)13-7-8-14(11(2)16)15(17)9-13/h3-6,9,14H,7-8H2,1-2H3. The molecule has 1 atom stereocenters. The Morgan fingerprint density at radius 2 is 1.88 bits per heavy atom. The number of hydrogen-bond donors (Lipinski definition) is 0. The van der Waals surface area contributed by atoms with Gasteiger partial charge in [0.1, 0.15) is 5.78 Å². The number of allylic oxidation sites excluding steroid dienone is 2. The minimum atomic E-state index is -0.413. The minimum Gasteiger partial charge on any atom is -0.299 e. The highest BCUT2D eigenvalue weighted by atomic mass is 16.1. The van der Waals surface area contributed by atoms with Gasteiger partial charge in [0, 0.05) is 0 Å². The van der Waals surface area contributed by atoms with Crippen molar-refractivity contribution in [1.82, 2.24) is 0 Å². The Balaban J connectivity index is 2.25. The third-order valence-electron chi connectivity index (χ3n) is 3.28. The van der Waals surface area contributed by atoms with E-state index in [2.05, 4.69) is 0 Å². The third-order valence-corrected chi connectivity index (χ3v) is 3.28. The highest BCUT2D eigenvalue weighted by Gasteiger charge is 2.26. The van der Waals surface area contributed by atoms with Crippen LogP contribution in [0.25, 0.3) is 5.57 Å². The molecule has 1 aliphatic rings. The van der Waals surface area contributed by atoms with Crippen molar-refractivity contribution < 1.29 is 9.59 Å². The normalized spacial score (nSPS) is 20.0. The molecule has 1 unspecified atom stereocenters. The Bertz CT molecular complexity index is 480. The Labute approximate surface area is 101 Å². The van der Waals surface area contributed by atoms with Crippen molar-refractivity contribution in [3.63, 3.8) is 0 Å². The molecule has 2 rings (SSSR count). The van der Waals surface area contributed by atoms with Crippen LogP contribution >= 0.6 is 0 Å². The van der Waals surface area contributed by atoms with E-state index in [4.69, 9.17) is 0 Å². The number of benzene rings is 1. The minimum absolute atomic E-state index is 0.0193. The summed E-state index contributed by atoms with van der Waals surface area (Å²) < 4.78 is 0. The molecule has 1 aromatic rings. The number of ketones is 2. The maximum atomic E-state index is 11.8. The van der Waals surface area contributed by atoms with E-state index in [0.717, 1.165) is 17.6 Å². The highest BCUT2D eigenvalue weighted by Crippen LogP contribution is 2.28. The molecule has 0 bridgehead atoms. The lowest BCUT2D eigenvalue weighted by Crippen LogP contribution is -2.23. The lowest BCUT2D eigenvalue weighted by atomic mass is 9.84. The van der Waals surface area contributed by atoms with Crippen molar-refractivity contribution in [3.05, 3.63) is 41.5 Å². The Morgan fingerprint density at radius 3 is 2.41 bits per heavy atom. The molecule has 2 nitrogen and oxygen atoms in total. The summed E-state index contributed by atoms with van der Waals surface area (Å²) >= 11 is 0. The molecule has 1 aromatic carbocycles. The van der Waals surface area contributed by atoms with E-state index in [9.17, 15) is 9.59 Å². The molecule has 0 N–H and O–H groups in total. The SMILES string of the molecule is CC(=O)C1CCC(c2ccc(C)cc2)=CC1=O. The largest absolute Gasteiger partial charge is 0.299 e. The van der Waals surface area contributed by atoms with Gasteiger partial charge < -0.3 is 0 Å². The van der Waals surface area contributed by atoms with Crippen LogP contribution in [0.5, 0.6) is 0 Å². The Morgan fingerprint density at radius 1 is 1.24 bits per heavy atom. The average molecular weight is 228 g/mol. The molecule has 1 aliphatic carbocycles. The molecule has 0 aliphatic heterocycles. The first-order chi connectivity index (χ1) is 8.08. The molecule has 88 valence electrons. The van der Waals surface area contributed by atoms with Crippen molar-refractivity contribution in [2.75, 3.05) is 0 Å². The molecule has 17 heavy (non-hydrogen) atoms. The van der Waals surface area contributed by atoms with E-state index in [0.29, 0.717) is 6.42 Å². The van der Waals surface area contributed by atoms with Crippen molar-refractivity contribution in [3.8, 4) is 0 Å². The summed E-state index contributed by atoms with van der Waals surface area (Å²) in [4.78, 5) is 23.0. The quantitative estimate of drug-likeness (QED) is 0.729. The van der Waals surface area contributed by atoms with Gasteiger partial charge >= 0.3 is 0 Å². The van der Waals surface area contributed by atoms with Gasteiger partial charge in [0.05, 0.1) is 5.92 Å². The first-order valence-corrected chi connectivity index (χ1v) is 5.90. The molecule has 0 saturated carbocycles. The van der Waals surface area contributed by atoms with E-state index in [1.165, 1.54) is 12.5 Å². The van der Waals surface area contributed by atoms with E-state index in [1.54, 1.807) is 6.08 Å². The lowest BCUT2D eigenvalue weighted by Gasteiger charge is -2.18. The van der Waals surface area contributed by atoms with E-state index in [-0.39, 0.29) is 11.6 Å². The zero-order chi connectivity index (χ0) is 12.4. The second-order valence-electron chi connectivity index (χ2n) is 4.64. The summed E-state index contributed by atoms with van der Waals surface area (Å²) in [5.74, 6) is -0.474. The second-order valence-corrected chi connectivity index (χ2v) is 4.64. The number of carbonyl (C=O) groups excluding carboxylic acids is 2. The smallest absolute Gasteiger partial charge is 0.166 e. The van der Waals surface area contributed by atoms with E-state index < -0.39 is 5.92 Å². The third kappa shape index (κ3) is 2.52. The lowest BCUT2D eigenvalue weighted by molar-refractivity contribution is -0.129. The molecule has 0 amide bonds. The van der Waals surface area contributed by atoms with Crippen LogP contribution in [-0.4, -0.2) is 11.6 Å². The predicted molar refractivity (Wildman–Crippen MR) is 67.6 cm³/mol. The molecule has 0 saturated heterocycles. The van der Waals surface area contributed by atoms with Gasteiger partial charge in [-0.1, -0.05) is 29.8 Å². The second kappa shape index (κ2) is 4.66. The van der Waals surface area contributed by atoms with Crippen LogP contribution in [0.15, 0.2) is 30.3 Å². The van der Waals surface area contributed by atoms with Crippen molar-refractivity contribution in [2.24, 2.45) is 5.92 Å². The number of hydrogen-bond acceptors (Lipinski definition) is 2. The van der Waals surface area contributed by atoms with Gasteiger partial charge in [-0.3, -0.25) is 9.59 Å². The van der Waals surface area contributed by atoms with Gasteiger partial charge in [0.15, 0.2) is 5.78 Å². The van der Waals surface area contributed by atoms with Gasteiger partial charge in [0.25, 0.3) is 0 Å². The van der Waals surface area contributed by atoms with Gasteiger partial charge in [-0.05, 0) is 43.9 Å². The van der Waals surface area contributed by atoms with Crippen LogP contribution in [0.2, 0.25) is 0 Å². The fourth-order valence-electron chi connectivity index (χ4n) is 2.19. The monoisotopic (exact) mass is 228 g/mol. The van der Waals surface area contributed by atoms with E-state index >= 15 is 0 Å². The molecule has 2 heteroatoms. The van der Waals surface area contributed by atoms with Crippen LogP contribution in [0.4, 0.5) is 0 Å². The highest BCUT2D eigenvalue weighted by molar-refractivity contribution is 6.10. The molecule has 0 spiro atoms. The van der Waals surface area contributed by atoms with Crippen LogP contribution in [-0.2, 0) is 9.59 Å². The van der Waals surface area contributed by atoms with Gasteiger partial charge in [-0.2, -0.15) is 0 Å². The van der Waals surface area contributed by atoms with E-state index in [1.807, 2.05) is 31.2 Å². The zero-order valence-corrected chi connectivity index (χ0v) is 10.2. The summed E-state index contributed by atoms with van der Waals surface area (Å²) in [5.41, 5.74) is 3.34. The maximum Gasteiger partial charge on any atom is 0.166 e. The fraction of sp³-hybridized carbons (Fsp3) is 0.333. The Kier molecular flexibility index (Phi) is 3.23. The molecule has 0 aromatic heterocycles. The van der Waals surface area contributed by atoms with Crippen molar-refractivity contribution in [2.45, 2.75) is 26.7 Å². The van der Waals surface area contributed by atoms with Crippen LogP contribution in [0.1, 0.15) is 30.9 Å². The zero-order valence-electron chi connectivity index (χ0n) is 10.2. The Hall–Kier alpha value is -1.70. The summed E-state index contributed by atoms with van der Waals surface area (Å²) in [7, 11) is 0. The number of carbonyl (C=O) groups is 2. The van der Waals surface area contributed by atoms with Gasteiger partial charge in [0.2, 0.25) is 0 Å². The molecular weight excluding hydrogens is 212 g/mol. The summed E-state index contributed by atoms with van der Waals surface area (Å²) in [6, 6.07) is 8.14. The molecule has 0 fully saturated rings. The number of rotatable bonds is 2. The topological polar surface area (TPSA) is 34.1 Å². The van der Waals surface area contributed by atoms with Crippen LogP contribution < -0.4 is 0 Å². The molecule has 0 heterocycles. The summed E-state index contributed by atoms with van der Waals surface area (Å²) in [6.07, 6.45) is 3.09. The van der Waals surface area contributed by atoms with Crippen molar-refractivity contribution in [1.29, 1.82) is 0 Å². The van der Waals surface area contributed by atoms with Gasteiger partial charge in [-0.15, -0.1) is 0 Å². The van der Waals surface area contributed by atoms with Crippen molar-refractivity contribution >= 4 is 17.1 Å². The average Bonchev–Trinajstić information content (AvgIpc) is 2.29. The summed E-state index contributed by atoms with van der Waals surface area (Å²) in [6.45, 7) is 3.53. The predicted octanol–water partition coefficient (Wildman–Crippen LogP) is 2.95. The number of aryl methyl sites for hydroxylation is 1. The number of Topliss-reactive ketones (excluding diaryl/α,β-unsaturated/α-hetero) is 1. The first kappa shape index (κ1) is 11.8.